The van der Waals surface area contributed by atoms with E-state index < -0.39 is 0 Å². The molecule has 0 radical (unpaired) electrons. The van der Waals surface area contributed by atoms with Gasteiger partial charge in [-0.25, -0.2) is 4.98 Å². The first-order chi connectivity index (χ1) is 7.83. The van der Waals surface area contributed by atoms with E-state index in [1.165, 1.54) is 18.7 Å². The third-order valence-corrected chi connectivity index (χ3v) is 3.66. The summed E-state index contributed by atoms with van der Waals surface area (Å²) in [6, 6.07) is 0.708. The second-order valence-corrected chi connectivity index (χ2v) is 4.81. The van der Waals surface area contributed by atoms with E-state index in [-0.39, 0.29) is 0 Å². The maximum atomic E-state index is 5.42. The van der Waals surface area contributed by atoms with Gasteiger partial charge in [0.25, 0.3) is 0 Å². The number of ether oxygens (including phenoxy) is 1. The summed E-state index contributed by atoms with van der Waals surface area (Å²) in [5.74, 6) is 1.23. The highest BCUT2D eigenvalue weighted by molar-refractivity contribution is 5.04. The Balaban J connectivity index is 1.71. The second-order valence-electron chi connectivity index (χ2n) is 4.81. The molecule has 2 aliphatic heterocycles. The van der Waals surface area contributed by atoms with Gasteiger partial charge in [0, 0.05) is 38.5 Å². The van der Waals surface area contributed by atoms with Gasteiger partial charge in [-0.1, -0.05) is 0 Å². The lowest BCUT2D eigenvalue weighted by Crippen LogP contribution is -2.43. The molecule has 0 aliphatic carbocycles. The van der Waals surface area contributed by atoms with E-state index in [9.17, 15) is 0 Å². The van der Waals surface area contributed by atoms with Gasteiger partial charge in [0.05, 0.1) is 12.2 Å². The molecule has 1 aromatic rings. The first kappa shape index (κ1) is 10.3. The minimum absolute atomic E-state index is 0.708. The van der Waals surface area contributed by atoms with Crippen LogP contribution in [0.25, 0.3) is 0 Å². The first-order valence-electron chi connectivity index (χ1n) is 6.17. The van der Waals surface area contributed by atoms with Gasteiger partial charge >= 0.3 is 0 Å². The summed E-state index contributed by atoms with van der Waals surface area (Å²) in [4.78, 5) is 7.16. The van der Waals surface area contributed by atoms with Crippen molar-refractivity contribution in [3.05, 3.63) is 17.7 Å². The number of imidazole rings is 1. The number of hydrogen-bond acceptors (Lipinski definition) is 3. The molecule has 88 valence electrons. The highest BCUT2D eigenvalue weighted by atomic mass is 16.5. The molecule has 0 bridgehead atoms. The maximum Gasteiger partial charge on any atom is 0.123 e. The zero-order valence-electron chi connectivity index (χ0n) is 9.85. The van der Waals surface area contributed by atoms with Crippen molar-refractivity contribution in [3.63, 3.8) is 0 Å². The van der Waals surface area contributed by atoms with Crippen molar-refractivity contribution in [1.82, 2.24) is 14.5 Å². The molecule has 0 aromatic carbocycles. The average Bonchev–Trinajstić information content (AvgIpc) is 2.69. The molecule has 0 unspecified atom stereocenters. The molecule has 3 heterocycles. The maximum absolute atomic E-state index is 5.42. The summed E-state index contributed by atoms with van der Waals surface area (Å²) in [6.45, 7) is 7.19. The molecular formula is C12H19N3O. The highest BCUT2D eigenvalue weighted by Crippen LogP contribution is 2.20. The normalized spacial score (nSPS) is 23.3. The Kier molecular flexibility index (Phi) is 2.69. The zero-order valence-corrected chi connectivity index (χ0v) is 9.85. The lowest BCUT2D eigenvalue weighted by atomic mass is 10.1. The van der Waals surface area contributed by atoms with Crippen LogP contribution in [0.4, 0.5) is 0 Å². The van der Waals surface area contributed by atoms with Crippen molar-refractivity contribution in [3.8, 4) is 0 Å². The van der Waals surface area contributed by atoms with Gasteiger partial charge in [-0.05, 0) is 19.8 Å². The van der Waals surface area contributed by atoms with Gasteiger partial charge in [0.15, 0.2) is 0 Å². The topological polar surface area (TPSA) is 30.3 Å². The molecule has 4 heteroatoms. The molecule has 16 heavy (non-hydrogen) atoms. The van der Waals surface area contributed by atoms with Crippen molar-refractivity contribution in [2.24, 2.45) is 0 Å². The fraction of sp³-hybridized carbons (Fsp3) is 0.750. The molecule has 0 spiro atoms. The quantitative estimate of drug-likeness (QED) is 0.713. The second kappa shape index (κ2) is 4.18. The number of aromatic nitrogens is 2. The molecule has 0 saturated carbocycles. The predicted molar refractivity (Wildman–Crippen MR) is 61.2 cm³/mol. The summed E-state index contributed by atoms with van der Waals surface area (Å²) < 4.78 is 7.71. The van der Waals surface area contributed by atoms with Crippen LogP contribution < -0.4 is 0 Å². The highest BCUT2D eigenvalue weighted by Gasteiger charge is 2.25. The largest absolute Gasteiger partial charge is 0.381 e. The molecule has 1 fully saturated rings. The van der Waals surface area contributed by atoms with E-state index in [4.69, 9.17) is 4.74 Å². The van der Waals surface area contributed by atoms with E-state index >= 15 is 0 Å². The number of aryl methyl sites for hydroxylation is 1. The van der Waals surface area contributed by atoms with Crippen molar-refractivity contribution < 1.29 is 4.74 Å². The standard InChI is InChI=1S/C12H19N3O/c1-10-8-15-5-4-14(9-12(15)13-10)11-2-6-16-7-3-11/h8,11H,2-7,9H2,1H3. The summed E-state index contributed by atoms with van der Waals surface area (Å²) in [5.41, 5.74) is 1.14. The van der Waals surface area contributed by atoms with Crippen LogP contribution in [0.15, 0.2) is 6.20 Å². The number of hydrogen-bond donors (Lipinski definition) is 0. The van der Waals surface area contributed by atoms with Gasteiger partial charge in [0.2, 0.25) is 0 Å². The van der Waals surface area contributed by atoms with E-state index in [2.05, 4.69) is 27.6 Å². The molecule has 3 rings (SSSR count). The summed E-state index contributed by atoms with van der Waals surface area (Å²) >= 11 is 0. The van der Waals surface area contributed by atoms with Crippen molar-refractivity contribution in [2.45, 2.75) is 38.9 Å². The van der Waals surface area contributed by atoms with Gasteiger partial charge in [-0.15, -0.1) is 0 Å². The Morgan fingerprint density at radius 3 is 2.94 bits per heavy atom. The van der Waals surface area contributed by atoms with Crippen molar-refractivity contribution in [1.29, 1.82) is 0 Å². The zero-order chi connectivity index (χ0) is 11.0. The fourth-order valence-electron chi connectivity index (χ4n) is 2.78. The monoisotopic (exact) mass is 221 g/mol. The predicted octanol–water partition coefficient (Wildman–Crippen LogP) is 1.19. The number of rotatable bonds is 1. The fourth-order valence-corrected chi connectivity index (χ4v) is 2.78. The molecule has 1 saturated heterocycles. The summed E-state index contributed by atoms with van der Waals surface area (Å²) in [6.07, 6.45) is 4.52. The molecule has 0 atom stereocenters. The minimum atomic E-state index is 0.708. The molecule has 0 N–H and O–H groups in total. The Hall–Kier alpha value is -0.870. The number of fused-ring (bicyclic) bond motifs is 1. The van der Waals surface area contributed by atoms with Gasteiger partial charge < -0.3 is 9.30 Å². The lowest BCUT2D eigenvalue weighted by molar-refractivity contribution is 0.0235. The third kappa shape index (κ3) is 1.87. The van der Waals surface area contributed by atoms with Crippen LogP contribution in [-0.4, -0.2) is 40.3 Å². The molecular weight excluding hydrogens is 202 g/mol. The smallest absolute Gasteiger partial charge is 0.123 e. The van der Waals surface area contributed by atoms with E-state index in [0.717, 1.165) is 38.5 Å². The molecule has 2 aliphatic rings. The van der Waals surface area contributed by atoms with Crippen LogP contribution in [0, 0.1) is 6.92 Å². The van der Waals surface area contributed by atoms with Gasteiger partial charge in [-0.2, -0.15) is 0 Å². The Morgan fingerprint density at radius 1 is 1.31 bits per heavy atom. The van der Waals surface area contributed by atoms with Gasteiger partial charge in [0.1, 0.15) is 5.82 Å². The van der Waals surface area contributed by atoms with Crippen LogP contribution >= 0.6 is 0 Å². The van der Waals surface area contributed by atoms with Crippen molar-refractivity contribution in [2.75, 3.05) is 19.8 Å². The van der Waals surface area contributed by atoms with Crippen LogP contribution in [-0.2, 0) is 17.8 Å². The van der Waals surface area contributed by atoms with Crippen LogP contribution in [0.5, 0.6) is 0 Å². The summed E-state index contributed by atoms with van der Waals surface area (Å²) in [5, 5.41) is 0. The molecule has 4 nitrogen and oxygen atoms in total. The number of nitrogens with zero attached hydrogens (tertiary/aromatic N) is 3. The first-order valence-corrected chi connectivity index (χ1v) is 6.17. The minimum Gasteiger partial charge on any atom is -0.381 e. The van der Waals surface area contributed by atoms with Crippen LogP contribution in [0.3, 0.4) is 0 Å². The van der Waals surface area contributed by atoms with Crippen LogP contribution in [0.1, 0.15) is 24.4 Å². The summed E-state index contributed by atoms with van der Waals surface area (Å²) in [7, 11) is 0. The van der Waals surface area contributed by atoms with Crippen molar-refractivity contribution >= 4 is 0 Å². The average molecular weight is 221 g/mol. The van der Waals surface area contributed by atoms with E-state index in [1.807, 2.05) is 0 Å². The molecule has 0 amide bonds. The van der Waals surface area contributed by atoms with Gasteiger partial charge in [-0.3, -0.25) is 4.90 Å². The van der Waals surface area contributed by atoms with E-state index in [1.54, 1.807) is 0 Å². The lowest BCUT2D eigenvalue weighted by Gasteiger charge is -2.36. The SMILES string of the molecule is Cc1cn2c(n1)CN(C1CCOCC1)CC2. The molecule has 1 aromatic heterocycles. The van der Waals surface area contributed by atoms with E-state index in [0.29, 0.717) is 6.04 Å². The van der Waals surface area contributed by atoms with Crippen LogP contribution in [0.2, 0.25) is 0 Å². The Morgan fingerprint density at radius 2 is 2.12 bits per heavy atom. The Labute approximate surface area is 96.2 Å². The Bertz CT molecular complexity index is 368. The third-order valence-electron chi connectivity index (χ3n) is 3.66.